The Morgan fingerprint density at radius 3 is 2.87 bits per heavy atom. The van der Waals surface area contributed by atoms with Gasteiger partial charge in [-0.2, -0.15) is 5.10 Å². The van der Waals surface area contributed by atoms with Gasteiger partial charge in [-0.15, -0.1) is 24.0 Å². The molecule has 0 radical (unpaired) electrons. The SMILES string of the molecule is CCNC(=NCCCn1nc2n(c1=O)CCCC2)N(C)Cc1ccccc1OC.I. The molecule has 0 unspecified atom stereocenters. The van der Waals surface area contributed by atoms with Crippen molar-refractivity contribution < 1.29 is 4.74 Å². The molecule has 1 N–H and O–H groups in total. The van der Waals surface area contributed by atoms with Gasteiger partial charge < -0.3 is 15.0 Å². The van der Waals surface area contributed by atoms with E-state index in [0.29, 0.717) is 19.6 Å². The van der Waals surface area contributed by atoms with Gasteiger partial charge >= 0.3 is 5.69 Å². The van der Waals surface area contributed by atoms with E-state index in [2.05, 4.69) is 28.3 Å². The molecule has 0 fully saturated rings. The molecule has 2 heterocycles. The quantitative estimate of drug-likeness (QED) is 0.247. The Hall–Kier alpha value is -2.04. The predicted molar refractivity (Wildman–Crippen MR) is 130 cm³/mol. The number of nitrogens with one attached hydrogen (secondary N) is 1. The van der Waals surface area contributed by atoms with Crippen LogP contribution in [0.4, 0.5) is 0 Å². The second kappa shape index (κ2) is 12.0. The predicted octanol–water partition coefficient (Wildman–Crippen LogP) is 2.50. The average Bonchev–Trinajstić information content (AvgIpc) is 3.06. The van der Waals surface area contributed by atoms with Crippen molar-refractivity contribution in [1.29, 1.82) is 0 Å². The Kier molecular flexibility index (Phi) is 9.67. The third-order valence-electron chi connectivity index (χ3n) is 5.12. The molecule has 1 aliphatic rings. The van der Waals surface area contributed by atoms with Gasteiger partial charge in [-0.1, -0.05) is 18.2 Å². The van der Waals surface area contributed by atoms with Gasteiger partial charge in [-0.3, -0.25) is 9.56 Å². The van der Waals surface area contributed by atoms with E-state index in [-0.39, 0.29) is 29.7 Å². The number of para-hydroxylation sites is 1. The number of rotatable bonds is 8. The fraction of sp³-hybridized carbons (Fsp3) is 0.571. The molecule has 0 bridgehead atoms. The summed E-state index contributed by atoms with van der Waals surface area (Å²) in [5, 5.41) is 7.83. The molecular weight excluding hydrogens is 495 g/mol. The summed E-state index contributed by atoms with van der Waals surface area (Å²) in [5.74, 6) is 2.64. The van der Waals surface area contributed by atoms with Gasteiger partial charge in [0.1, 0.15) is 11.6 Å². The van der Waals surface area contributed by atoms with Crippen molar-refractivity contribution in [3.05, 3.63) is 46.1 Å². The van der Waals surface area contributed by atoms with Crippen LogP contribution in [0.3, 0.4) is 0 Å². The summed E-state index contributed by atoms with van der Waals surface area (Å²) < 4.78 is 8.87. The Morgan fingerprint density at radius 2 is 2.13 bits per heavy atom. The Bertz CT molecular complexity index is 892. The molecule has 1 aromatic heterocycles. The molecular formula is C21H33IN6O2. The highest BCUT2D eigenvalue weighted by Crippen LogP contribution is 2.18. The first-order chi connectivity index (χ1) is 14.1. The van der Waals surface area contributed by atoms with E-state index in [0.717, 1.165) is 61.9 Å². The minimum atomic E-state index is 0. The first kappa shape index (κ1) is 24.2. The van der Waals surface area contributed by atoms with Gasteiger partial charge in [0, 0.05) is 51.8 Å². The summed E-state index contributed by atoms with van der Waals surface area (Å²) in [4.78, 5) is 19.2. The number of methoxy groups -OCH3 is 1. The van der Waals surface area contributed by atoms with Crippen molar-refractivity contribution in [2.24, 2.45) is 4.99 Å². The van der Waals surface area contributed by atoms with E-state index in [1.54, 1.807) is 11.8 Å². The summed E-state index contributed by atoms with van der Waals surface area (Å²) in [6.45, 7) is 5.57. The van der Waals surface area contributed by atoms with Gasteiger partial charge in [-0.05, 0) is 32.3 Å². The lowest BCUT2D eigenvalue weighted by atomic mass is 10.2. The van der Waals surface area contributed by atoms with Crippen molar-refractivity contribution in [1.82, 2.24) is 24.6 Å². The fourth-order valence-electron chi connectivity index (χ4n) is 3.63. The molecule has 1 aromatic carbocycles. The molecule has 1 aliphatic heterocycles. The summed E-state index contributed by atoms with van der Waals surface area (Å²) in [5.41, 5.74) is 1.13. The van der Waals surface area contributed by atoms with Crippen LogP contribution >= 0.6 is 24.0 Å². The van der Waals surface area contributed by atoms with Gasteiger partial charge in [-0.25, -0.2) is 9.48 Å². The van der Waals surface area contributed by atoms with E-state index in [1.807, 2.05) is 29.8 Å². The second-order valence-corrected chi connectivity index (χ2v) is 7.29. The van der Waals surface area contributed by atoms with Gasteiger partial charge in [0.05, 0.1) is 7.11 Å². The topological polar surface area (TPSA) is 76.7 Å². The molecule has 0 aliphatic carbocycles. The zero-order valence-corrected chi connectivity index (χ0v) is 20.5. The third kappa shape index (κ3) is 5.99. The smallest absolute Gasteiger partial charge is 0.345 e. The van der Waals surface area contributed by atoms with E-state index < -0.39 is 0 Å². The zero-order chi connectivity index (χ0) is 20.6. The Balaban J connectivity index is 0.00000320. The number of nitrogens with zero attached hydrogens (tertiary/aromatic N) is 5. The third-order valence-corrected chi connectivity index (χ3v) is 5.12. The maximum Gasteiger partial charge on any atom is 0.345 e. The highest BCUT2D eigenvalue weighted by atomic mass is 127. The molecule has 30 heavy (non-hydrogen) atoms. The van der Waals surface area contributed by atoms with Crippen LogP contribution in [0.5, 0.6) is 5.75 Å². The molecule has 2 aromatic rings. The number of guanidine groups is 1. The number of aromatic nitrogens is 3. The number of hydrogen-bond acceptors (Lipinski definition) is 4. The maximum atomic E-state index is 12.4. The zero-order valence-electron chi connectivity index (χ0n) is 18.1. The molecule has 0 atom stereocenters. The minimum absolute atomic E-state index is 0. The molecule has 166 valence electrons. The van der Waals surface area contributed by atoms with Crippen molar-refractivity contribution in [2.45, 2.75) is 52.2 Å². The lowest BCUT2D eigenvalue weighted by Gasteiger charge is -2.23. The first-order valence-corrected chi connectivity index (χ1v) is 10.4. The molecule has 0 saturated heterocycles. The van der Waals surface area contributed by atoms with Crippen LogP contribution in [0.15, 0.2) is 34.1 Å². The summed E-state index contributed by atoms with van der Waals surface area (Å²) in [7, 11) is 3.70. The highest BCUT2D eigenvalue weighted by molar-refractivity contribution is 14.0. The molecule has 9 heteroatoms. The largest absolute Gasteiger partial charge is 0.496 e. The number of fused-ring (bicyclic) bond motifs is 1. The highest BCUT2D eigenvalue weighted by Gasteiger charge is 2.16. The van der Waals surface area contributed by atoms with E-state index >= 15 is 0 Å². The Labute approximate surface area is 195 Å². The molecule has 8 nitrogen and oxygen atoms in total. The van der Waals surface area contributed by atoms with Crippen LogP contribution in [0.2, 0.25) is 0 Å². The maximum absolute atomic E-state index is 12.4. The van der Waals surface area contributed by atoms with Crippen molar-refractivity contribution in [3.8, 4) is 5.75 Å². The van der Waals surface area contributed by atoms with Crippen LogP contribution in [-0.4, -0.2) is 52.5 Å². The van der Waals surface area contributed by atoms with E-state index in [1.165, 1.54) is 0 Å². The second-order valence-electron chi connectivity index (χ2n) is 7.29. The molecule has 0 saturated carbocycles. The van der Waals surface area contributed by atoms with Crippen molar-refractivity contribution in [3.63, 3.8) is 0 Å². The number of benzene rings is 1. The Morgan fingerprint density at radius 1 is 1.33 bits per heavy atom. The normalized spacial score (nSPS) is 13.4. The summed E-state index contributed by atoms with van der Waals surface area (Å²) in [6.07, 6.45) is 3.85. The van der Waals surface area contributed by atoms with Crippen molar-refractivity contribution >= 4 is 29.9 Å². The minimum Gasteiger partial charge on any atom is -0.496 e. The van der Waals surface area contributed by atoms with Gasteiger partial charge in [0.15, 0.2) is 5.96 Å². The number of aryl methyl sites for hydroxylation is 2. The first-order valence-electron chi connectivity index (χ1n) is 10.4. The fourth-order valence-corrected chi connectivity index (χ4v) is 3.63. The molecule has 0 amide bonds. The monoisotopic (exact) mass is 528 g/mol. The van der Waals surface area contributed by atoms with Crippen LogP contribution < -0.4 is 15.7 Å². The van der Waals surface area contributed by atoms with Crippen molar-refractivity contribution in [2.75, 3.05) is 27.2 Å². The number of hydrogen-bond donors (Lipinski definition) is 1. The average molecular weight is 528 g/mol. The molecule has 3 rings (SSSR count). The lowest BCUT2D eigenvalue weighted by Crippen LogP contribution is -2.38. The lowest BCUT2D eigenvalue weighted by molar-refractivity contribution is 0.396. The van der Waals surface area contributed by atoms with Crippen LogP contribution in [0.25, 0.3) is 0 Å². The summed E-state index contributed by atoms with van der Waals surface area (Å²) >= 11 is 0. The number of aliphatic imine (C=N–C) groups is 1. The summed E-state index contributed by atoms with van der Waals surface area (Å²) in [6, 6.07) is 8.01. The van der Waals surface area contributed by atoms with E-state index in [9.17, 15) is 4.79 Å². The van der Waals surface area contributed by atoms with E-state index in [4.69, 9.17) is 9.73 Å². The van der Waals surface area contributed by atoms with Gasteiger partial charge in [0.25, 0.3) is 0 Å². The molecule has 0 spiro atoms. The van der Waals surface area contributed by atoms with Crippen LogP contribution in [-0.2, 0) is 26.1 Å². The van der Waals surface area contributed by atoms with Crippen LogP contribution in [0.1, 0.15) is 37.6 Å². The standard InChI is InChI=1S/C21H32N6O2.HI/c1-4-22-20(25(2)16-17-10-5-6-11-18(17)29-3)23-13-9-15-27-21(28)26-14-8-7-12-19(26)24-27;/h5-6,10-11H,4,7-9,12-16H2,1-3H3,(H,22,23);1H. The van der Waals surface area contributed by atoms with Gasteiger partial charge in [0.2, 0.25) is 0 Å². The number of halogens is 1. The van der Waals surface area contributed by atoms with Crippen LogP contribution in [0, 0.1) is 0 Å². The number of ether oxygens (including phenoxy) is 1.